The Morgan fingerprint density at radius 2 is 2.00 bits per heavy atom. The van der Waals surface area contributed by atoms with E-state index in [0.29, 0.717) is 5.56 Å². The zero-order valence-electron chi connectivity index (χ0n) is 11.6. The van der Waals surface area contributed by atoms with Crippen LogP contribution in [0.2, 0.25) is 0 Å². The van der Waals surface area contributed by atoms with E-state index in [1.807, 2.05) is 0 Å². The fourth-order valence-corrected chi connectivity index (χ4v) is 2.65. The molecule has 1 aliphatic rings. The van der Waals surface area contributed by atoms with Gasteiger partial charge in [0.25, 0.3) is 5.91 Å². The second kappa shape index (κ2) is 7.04. The molecule has 0 bridgehead atoms. The molecule has 110 valence electrons. The van der Waals surface area contributed by atoms with E-state index < -0.39 is 0 Å². The zero-order chi connectivity index (χ0) is 14.5. The van der Waals surface area contributed by atoms with Crippen LogP contribution < -0.4 is 5.32 Å². The van der Waals surface area contributed by atoms with Gasteiger partial charge in [0.2, 0.25) is 0 Å². The lowest BCUT2D eigenvalue weighted by molar-refractivity contribution is 0.0906. The van der Waals surface area contributed by atoms with Gasteiger partial charge in [-0.2, -0.15) is 0 Å². The van der Waals surface area contributed by atoms with E-state index in [0.717, 1.165) is 32.4 Å². The van der Waals surface area contributed by atoms with Crippen LogP contribution in [0.3, 0.4) is 0 Å². The summed E-state index contributed by atoms with van der Waals surface area (Å²) >= 11 is 6.21. The highest BCUT2D eigenvalue weighted by Gasteiger charge is 2.24. The van der Waals surface area contributed by atoms with Gasteiger partial charge < -0.3 is 5.32 Å². The summed E-state index contributed by atoms with van der Waals surface area (Å²) in [5.41, 5.74) is 0.585. The lowest BCUT2D eigenvalue weighted by Crippen LogP contribution is -2.46. The van der Waals surface area contributed by atoms with Gasteiger partial charge in [-0.05, 0) is 43.5 Å². The van der Waals surface area contributed by atoms with Crippen LogP contribution in [0.1, 0.15) is 36.5 Å². The molecule has 1 aromatic rings. The summed E-state index contributed by atoms with van der Waals surface area (Å²) in [5, 5.41) is 3.00. The topological polar surface area (TPSA) is 32.3 Å². The summed E-state index contributed by atoms with van der Waals surface area (Å²) in [6, 6.07) is 5.79. The largest absolute Gasteiger partial charge is 0.349 e. The van der Waals surface area contributed by atoms with Crippen molar-refractivity contribution in [1.82, 2.24) is 10.2 Å². The molecule has 1 saturated heterocycles. The maximum Gasteiger partial charge on any atom is 0.251 e. The van der Waals surface area contributed by atoms with Gasteiger partial charge in [0.1, 0.15) is 5.82 Å². The number of nitrogens with one attached hydrogen (secondary N) is 1. The molecule has 3 nitrogen and oxygen atoms in total. The number of halogens is 2. The molecule has 1 unspecified atom stereocenters. The Kier molecular flexibility index (Phi) is 5.38. The molecule has 1 amide bonds. The van der Waals surface area contributed by atoms with Gasteiger partial charge in [-0.3, -0.25) is 9.69 Å². The number of amides is 1. The molecular weight excluding hydrogens is 279 g/mol. The van der Waals surface area contributed by atoms with Crippen LogP contribution in [0, 0.1) is 5.82 Å². The molecule has 0 spiro atoms. The minimum atomic E-state index is -0.331. The molecule has 1 aliphatic heterocycles. The van der Waals surface area contributed by atoms with Crippen LogP contribution >= 0.6 is 11.6 Å². The van der Waals surface area contributed by atoms with Gasteiger partial charge >= 0.3 is 0 Å². The van der Waals surface area contributed by atoms with Crippen LogP contribution in [0.4, 0.5) is 4.39 Å². The minimum absolute atomic E-state index is 0.0868. The van der Waals surface area contributed by atoms with Gasteiger partial charge in [-0.1, -0.05) is 6.92 Å². The predicted octanol–water partition coefficient (Wildman–Crippen LogP) is 2.99. The molecule has 1 heterocycles. The number of likely N-dealkylation sites (tertiary alicyclic amines) is 1. The highest BCUT2D eigenvalue weighted by molar-refractivity contribution is 6.20. The Bertz CT molecular complexity index is 444. The molecule has 1 fully saturated rings. The number of piperidine rings is 1. The fourth-order valence-electron chi connectivity index (χ4n) is 2.45. The van der Waals surface area contributed by atoms with E-state index in [9.17, 15) is 9.18 Å². The monoisotopic (exact) mass is 298 g/mol. The van der Waals surface area contributed by atoms with Gasteiger partial charge in [-0.15, -0.1) is 11.6 Å². The predicted molar refractivity (Wildman–Crippen MR) is 78.4 cm³/mol. The average molecular weight is 299 g/mol. The summed E-state index contributed by atoms with van der Waals surface area (Å²) in [7, 11) is 0. The van der Waals surface area contributed by atoms with Crippen LogP contribution in [0.15, 0.2) is 24.3 Å². The molecule has 1 aromatic carbocycles. The Hall–Kier alpha value is -1.13. The molecule has 20 heavy (non-hydrogen) atoms. The second-order valence-electron chi connectivity index (χ2n) is 5.13. The summed E-state index contributed by atoms with van der Waals surface area (Å²) in [6.07, 6.45) is 2.72. The highest BCUT2D eigenvalue weighted by Crippen LogP contribution is 2.17. The smallest absolute Gasteiger partial charge is 0.251 e. The second-order valence-corrected chi connectivity index (χ2v) is 5.64. The molecule has 1 atom stereocenters. The number of nitrogens with zero attached hydrogens (tertiary/aromatic N) is 1. The number of hydrogen-bond donors (Lipinski definition) is 1. The Morgan fingerprint density at radius 1 is 1.40 bits per heavy atom. The van der Waals surface area contributed by atoms with Crippen molar-refractivity contribution in [3.63, 3.8) is 0 Å². The third-order valence-corrected chi connectivity index (χ3v) is 4.29. The zero-order valence-corrected chi connectivity index (χ0v) is 12.4. The maximum absolute atomic E-state index is 12.8. The lowest BCUT2D eigenvalue weighted by Gasteiger charge is -2.34. The quantitative estimate of drug-likeness (QED) is 0.684. The molecule has 5 heteroatoms. The average Bonchev–Trinajstić information content (AvgIpc) is 2.48. The number of rotatable bonds is 4. The van der Waals surface area contributed by atoms with Crippen LogP contribution in [0.25, 0.3) is 0 Å². The molecule has 0 radical (unpaired) electrons. The number of carbonyl (C=O) groups is 1. The summed E-state index contributed by atoms with van der Waals surface area (Å²) in [5.74, 6) is -0.469. The van der Waals surface area contributed by atoms with Gasteiger partial charge in [0.05, 0.1) is 5.50 Å². The van der Waals surface area contributed by atoms with Crippen molar-refractivity contribution in [3.05, 3.63) is 35.6 Å². The minimum Gasteiger partial charge on any atom is -0.349 e. The first-order chi connectivity index (χ1) is 9.60. The normalized spacial score (nSPS) is 18.8. The van der Waals surface area contributed by atoms with Crippen molar-refractivity contribution in [3.8, 4) is 0 Å². The highest BCUT2D eigenvalue weighted by atomic mass is 35.5. The molecule has 0 aromatic heterocycles. The van der Waals surface area contributed by atoms with Crippen LogP contribution in [0.5, 0.6) is 0 Å². The SMILES string of the molecule is CCC(Cl)N1CCC(NC(=O)c2ccc(F)cc2)CC1. The van der Waals surface area contributed by atoms with Crippen LogP contribution in [-0.4, -0.2) is 35.4 Å². The number of hydrogen-bond acceptors (Lipinski definition) is 2. The number of carbonyl (C=O) groups excluding carboxylic acids is 1. The van der Waals surface area contributed by atoms with E-state index in [2.05, 4.69) is 17.1 Å². The van der Waals surface area contributed by atoms with Crippen molar-refractivity contribution in [2.45, 2.75) is 37.7 Å². The molecular formula is C15H20ClFN2O. The number of benzene rings is 1. The first kappa shape index (κ1) is 15.3. The van der Waals surface area contributed by atoms with E-state index in [4.69, 9.17) is 11.6 Å². The first-order valence-corrected chi connectivity index (χ1v) is 7.48. The fraction of sp³-hybridized carbons (Fsp3) is 0.533. The molecule has 1 N–H and O–H groups in total. The third kappa shape index (κ3) is 3.93. The lowest BCUT2D eigenvalue weighted by atomic mass is 10.0. The Morgan fingerprint density at radius 3 is 2.55 bits per heavy atom. The van der Waals surface area contributed by atoms with Crippen LogP contribution in [-0.2, 0) is 0 Å². The number of alkyl halides is 1. The summed E-state index contributed by atoms with van der Waals surface area (Å²) in [4.78, 5) is 14.3. The third-order valence-electron chi connectivity index (χ3n) is 3.70. The maximum atomic E-state index is 12.8. The van der Waals surface area contributed by atoms with E-state index in [1.165, 1.54) is 24.3 Å². The Balaban J connectivity index is 1.83. The van der Waals surface area contributed by atoms with Crippen molar-refractivity contribution in [2.24, 2.45) is 0 Å². The Labute approximate surface area is 124 Å². The van der Waals surface area contributed by atoms with Crippen molar-refractivity contribution in [2.75, 3.05) is 13.1 Å². The summed E-state index contributed by atoms with van der Waals surface area (Å²) in [6.45, 7) is 3.87. The van der Waals surface area contributed by atoms with Gasteiger partial charge in [0.15, 0.2) is 0 Å². The molecule has 2 rings (SSSR count). The van der Waals surface area contributed by atoms with Gasteiger partial charge in [0, 0.05) is 24.7 Å². The van der Waals surface area contributed by atoms with Crippen molar-refractivity contribution in [1.29, 1.82) is 0 Å². The van der Waals surface area contributed by atoms with E-state index in [1.54, 1.807) is 0 Å². The van der Waals surface area contributed by atoms with E-state index >= 15 is 0 Å². The van der Waals surface area contributed by atoms with E-state index in [-0.39, 0.29) is 23.3 Å². The molecule has 0 saturated carbocycles. The standard InChI is InChI=1S/C15H20ClFN2O/c1-2-14(16)19-9-7-13(8-10-19)18-15(20)11-3-5-12(17)6-4-11/h3-6,13-14H,2,7-10H2,1H3,(H,18,20). The first-order valence-electron chi connectivity index (χ1n) is 7.04. The summed E-state index contributed by atoms with van der Waals surface area (Å²) < 4.78 is 12.8. The van der Waals surface area contributed by atoms with Crippen molar-refractivity contribution < 1.29 is 9.18 Å². The molecule has 0 aliphatic carbocycles. The van der Waals surface area contributed by atoms with Crippen molar-refractivity contribution >= 4 is 17.5 Å². The van der Waals surface area contributed by atoms with Gasteiger partial charge in [-0.25, -0.2) is 4.39 Å².